The van der Waals surface area contributed by atoms with E-state index in [1.165, 1.54) is 0 Å². The van der Waals surface area contributed by atoms with Crippen molar-refractivity contribution in [2.24, 2.45) is 5.84 Å². The molecule has 0 fully saturated rings. The van der Waals surface area contributed by atoms with Gasteiger partial charge in [0, 0.05) is 24.0 Å². The predicted molar refractivity (Wildman–Crippen MR) is 82.2 cm³/mol. The molecular weight excluding hydrogens is 252 g/mol. The third-order valence-electron chi connectivity index (χ3n) is 3.31. The van der Waals surface area contributed by atoms with Crippen LogP contribution in [0.15, 0.2) is 30.3 Å². The lowest BCUT2D eigenvalue weighted by Crippen LogP contribution is -2.23. The van der Waals surface area contributed by atoms with Crippen LogP contribution in [-0.4, -0.2) is 34.7 Å². The molecule has 108 valence electrons. The Morgan fingerprint density at radius 1 is 1.40 bits per heavy atom. The Morgan fingerprint density at radius 2 is 2.15 bits per heavy atom. The van der Waals surface area contributed by atoms with E-state index in [4.69, 9.17) is 5.84 Å². The molecule has 1 atom stereocenters. The molecule has 0 aliphatic heterocycles. The van der Waals surface area contributed by atoms with Crippen molar-refractivity contribution in [1.82, 2.24) is 9.88 Å². The fourth-order valence-corrected chi connectivity index (χ4v) is 2.18. The van der Waals surface area contributed by atoms with E-state index in [1.54, 1.807) is 6.92 Å². The third kappa shape index (κ3) is 3.66. The van der Waals surface area contributed by atoms with Crippen LogP contribution >= 0.6 is 0 Å². The number of aliphatic hydroxyl groups excluding tert-OH is 1. The number of nitrogens with two attached hydrogens (primary N) is 1. The van der Waals surface area contributed by atoms with Gasteiger partial charge in [0.1, 0.15) is 5.82 Å². The van der Waals surface area contributed by atoms with Gasteiger partial charge in [0.05, 0.1) is 11.6 Å². The smallest absolute Gasteiger partial charge is 0.145 e. The van der Waals surface area contributed by atoms with E-state index in [2.05, 4.69) is 21.4 Å². The SMILES string of the molecule is CC(O)CCN(C)Cc1cc2ccccc2nc1NN. The first kappa shape index (κ1) is 14.7. The predicted octanol–water partition coefficient (Wildman–Crippen LogP) is 1.72. The Balaban J connectivity index is 2.19. The third-order valence-corrected chi connectivity index (χ3v) is 3.31. The van der Waals surface area contributed by atoms with Crippen LogP contribution in [0.5, 0.6) is 0 Å². The van der Waals surface area contributed by atoms with Gasteiger partial charge in [-0.05, 0) is 32.5 Å². The number of hydrazine groups is 1. The average Bonchev–Trinajstić information content (AvgIpc) is 2.44. The summed E-state index contributed by atoms with van der Waals surface area (Å²) in [6.07, 6.45) is 0.474. The maximum atomic E-state index is 9.34. The molecule has 1 unspecified atom stereocenters. The summed E-state index contributed by atoms with van der Waals surface area (Å²) in [7, 11) is 2.03. The molecule has 2 rings (SSSR count). The minimum Gasteiger partial charge on any atom is -0.393 e. The summed E-state index contributed by atoms with van der Waals surface area (Å²) in [4.78, 5) is 6.68. The van der Waals surface area contributed by atoms with E-state index in [1.807, 2.05) is 31.3 Å². The molecule has 1 heterocycles. The lowest BCUT2D eigenvalue weighted by atomic mass is 10.1. The summed E-state index contributed by atoms with van der Waals surface area (Å²) in [6.45, 7) is 3.37. The first-order valence-electron chi connectivity index (χ1n) is 6.82. The highest BCUT2D eigenvalue weighted by Gasteiger charge is 2.09. The van der Waals surface area contributed by atoms with Crippen LogP contribution in [0.25, 0.3) is 10.9 Å². The number of nitrogen functional groups attached to an aromatic ring is 1. The van der Waals surface area contributed by atoms with Gasteiger partial charge in [-0.1, -0.05) is 18.2 Å². The molecule has 0 saturated heterocycles. The van der Waals surface area contributed by atoms with Gasteiger partial charge in [-0.3, -0.25) is 0 Å². The van der Waals surface area contributed by atoms with Crippen LogP contribution in [0, 0.1) is 0 Å². The molecule has 0 saturated carbocycles. The maximum absolute atomic E-state index is 9.34. The summed E-state index contributed by atoms with van der Waals surface area (Å²) >= 11 is 0. The van der Waals surface area contributed by atoms with Crippen molar-refractivity contribution in [2.75, 3.05) is 19.0 Å². The average molecular weight is 274 g/mol. The number of hydrogen-bond donors (Lipinski definition) is 3. The molecule has 20 heavy (non-hydrogen) atoms. The Morgan fingerprint density at radius 3 is 2.85 bits per heavy atom. The standard InChI is InChI=1S/C15H22N4O/c1-11(20)7-8-19(2)10-13-9-12-5-3-4-6-14(12)17-15(13)18-16/h3-6,9,11,20H,7-8,10,16H2,1-2H3,(H,17,18). The van der Waals surface area contributed by atoms with Gasteiger partial charge >= 0.3 is 0 Å². The highest BCUT2D eigenvalue weighted by molar-refractivity contribution is 5.81. The lowest BCUT2D eigenvalue weighted by molar-refractivity contribution is 0.163. The van der Waals surface area contributed by atoms with Crippen LogP contribution in [0.2, 0.25) is 0 Å². The van der Waals surface area contributed by atoms with Gasteiger partial charge in [-0.15, -0.1) is 0 Å². The van der Waals surface area contributed by atoms with E-state index in [-0.39, 0.29) is 6.10 Å². The van der Waals surface area contributed by atoms with Gasteiger partial charge in [0.15, 0.2) is 0 Å². The number of nitrogens with one attached hydrogen (secondary N) is 1. The molecule has 0 aliphatic carbocycles. The highest BCUT2D eigenvalue weighted by Crippen LogP contribution is 2.21. The fourth-order valence-electron chi connectivity index (χ4n) is 2.18. The summed E-state index contributed by atoms with van der Waals surface area (Å²) in [5.74, 6) is 6.27. The number of hydrogen-bond acceptors (Lipinski definition) is 5. The minimum atomic E-state index is -0.278. The summed E-state index contributed by atoms with van der Waals surface area (Å²) in [5, 5.41) is 10.4. The second kappa shape index (κ2) is 6.65. The Kier molecular flexibility index (Phi) is 4.89. The summed E-state index contributed by atoms with van der Waals surface area (Å²) in [6, 6.07) is 10.1. The van der Waals surface area contributed by atoms with Crippen molar-refractivity contribution in [2.45, 2.75) is 26.0 Å². The van der Waals surface area contributed by atoms with Gasteiger partial charge in [0.2, 0.25) is 0 Å². The zero-order chi connectivity index (χ0) is 14.5. The fraction of sp³-hybridized carbons (Fsp3) is 0.400. The number of nitrogens with zero attached hydrogens (tertiary/aromatic N) is 2. The maximum Gasteiger partial charge on any atom is 0.145 e. The quantitative estimate of drug-likeness (QED) is 0.552. The molecule has 1 aromatic carbocycles. The molecule has 5 nitrogen and oxygen atoms in total. The van der Waals surface area contributed by atoms with Crippen molar-refractivity contribution >= 4 is 16.7 Å². The van der Waals surface area contributed by atoms with Crippen molar-refractivity contribution in [3.8, 4) is 0 Å². The summed E-state index contributed by atoms with van der Waals surface area (Å²) in [5.41, 5.74) is 4.65. The van der Waals surface area contributed by atoms with E-state index < -0.39 is 0 Å². The molecule has 2 aromatic rings. The summed E-state index contributed by atoms with van der Waals surface area (Å²) < 4.78 is 0. The molecule has 1 aromatic heterocycles. The Hall–Kier alpha value is -1.69. The molecular formula is C15H22N4O. The second-order valence-corrected chi connectivity index (χ2v) is 5.21. The number of fused-ring (bicyclic) bond motifs is 1. The van der Waals surface area contributed by atoms with E-state index in [0.717, 1.165) is 36.0 Å². The topological polar surface area (TPSA) is 74.4 Å². The Labute approximate surface area is 119 Å². The molecule has 0 spiro atoms. The first-order chi connectivity index (χ1) is 9.60. The monoisotopic (exact) mass is 274 g/mol. The van der Waals surface area contributed by atoms with E-state index in [0.29, 0.717) is 5.82 Å². The van der Waals surface area contributed by atoms with Gasteiger partial charge in [-0.2, -0.15) is 0 Å². The molecule has 5 heteroatoms. The number of benzene rings is 1. The molecule has 0 amide bonds. The van der Waals surface area contributed by atoms with Crippen molar-refractivity contribution in [3.05, 3.63) is 35.9 Å². The number of aliphatic hydroxyl groups is 1. The zero-order valence-electron chi connectivity index (χ0n) is 12.0. The molecule has 0 aliphatic rings. The number of aromatic nitrogens is 1. The largest absolute Gasteiger partial charge is 0.393 e. The first-order valence-corrected chi connectivity index (χ1v) is 6.82. The van der Waals surface area contributed by atoms with Crippen molar-refractivity contribution < 1.29 is 5.11 Å². The number of pyridine rings is 1. The van der Waals surface area contributed by atoms with Gasteiger partial charge < -0.3 is 15.4 Å². The normalized spacial score (nSPS) is 12.8. The molecule has 0 radical (unpaired) electrons. The van der Waals surface area contributed by atoms with Crippen molar-refractivity contribution in [1.29, 1.82) is 0 Å². The Bertz CT molecular complexity index is 571. The highest BCUT2D eigenvalue weighted by atomic mass is 16.3. The van der Waals surface area contributed by atoms with Crippen LogP contribution in [0.3, 0.4) is 0 Å². The van der Waals surface area contributed by atoms with Crippen LogP contribution in [0.4, 0.5) is 5.82 Å². The van der Waals surface area contributed by atoms with Crippen LogP contribution in [-0.2, 0) is 6.54 Å². The number of para-hydroxylation sites is 1. The van der Waals surface area contributed by atoms with Gasteiger partial charge in [0.25, 0.3) is 0 Å². The second-order valence-electron chi connectivity index (χ2n) is 5.21. The van der Waals surface area contributed by atoms with Crippen molar-refractivity contribution in [3.63, 3.8) is 0 Å². The van der Waals surface area contributed by atoms with E-state index in [9.17, 15) is 5.11 Å². The van der Waals surface area contributed by atoms with Crippen LogP contribution in [0.1, 0.15) is 18.9 Å². The van der Waals surface area contributed by atoms with E-state index >= 15 is 0 Å². The number of rotatable bonds is 6. The van der Waals surface area contributed by atoms with Crippen LogP contribution < -0.4 is 11.3 Å². The molecule has 4 N–H and O–H groups in total. The zero-order valence-corrected chi connectivity index (χ0v) is 12.0. The van der Waals surface area contributed by atoms with Gasteiger partial charge in [-0.25, -0.2) is 10.8 Å². The minimum absolute atomic E-state index is 0.278. The molecule has 0 bridgehead atoms. The lowest BCUT2D eigenvalue weighted by Gasteiger charge is -2.19. The number of anilines is 1.